The maximum Gasteiger partial charge on any atom is 0.490 e. The molecule has 2 aromatic carbocycles. The summed E-state index contributed by atoms with van der Waals surface area (Å²) in [4.78, 5) is 54.9. The van der Waals surface area contributed by atoms with Crippen LogP contribution >= 0.6 is 0 Å². The smallest absolute Gasteiger partial charge is 0.481 e. The molecule has 4 aromatic rings. The van der Waals surface area contributed by atoms with Crippen LogP contribution in [0.2, 0.25) is 0 Å². The van der Waals surface area contributed by atoms with E-state index in [2.05, 4.69) is 30.9 Å². The number of carboxylic acid groups (broad SMARTS) is 1. The van der Waals surface area contributed by atoms with Gasteiger partial charge >= 0.3 is 18.2 Å². The number of ether oxygens (including phenoxy) is 2. The van der Waals surface area contributed by atoms with E-state index < -0.39 is 35.8 Å². The first-order valence-electron chi connectivity index (χ1n) is 17.7. The van der Waals surface area contributed by atoms with Crippen LogP contribution in [0.25, 0.3) is 22.5 Å². The van der Waals surface area contributed by atoms with Gasteiger partial charge in [0.25, 0.3) is 5.91 Å². The number of benzene rings is 2. The number of halogens is 3. The molecule has 0 saturated heterocycles. The molecule has 0 radical (unpaired) electrons. The first-order chi connectivity index (χ1) is 26.4. The number of anilines is 1. The van der Waals surface area contributed by atoms with Gasteiger partial charge < -0.3 is 25.6 Å². The number of nitrogens with one attached hydrogen (secondary N) is 2. The van der Waals surface area contributed by atoms with Crippen molar-refractivity contribution in [2.45, 2.75) is 77.6 Å². The van der Waals surface area contributed by atoms with E-state index >= 15 is 0 Å². The molecule has 300 valence electrons. The van der Waals surface area contributed by atoms with Gasteiger partial charge in [0.1, 0.15) is 5.60 Å². The molecule has 5 rings (SSSR count). The Morgan fingerprint density at radius 2 is 1.57 bits per heavy atom. The first kappa shape index (κ1) is 42.8. The third kappa shape index (κ3) is 12.0. The fourth-order valence-corrected chi connectivity index (χ4v) is 6.03. The fraction of sp³-hybridized carbons (Fsp3) is 0.421. The third-order valence-electron chi connectivity index (χ3n) is 8.85. The van der Waals surface area contributed by atoms with E-state index in [4.69, 9.17) is 25.1 Å². The lowest BCUT2D eigenvalue weighted by Gasteiger charge is -2.32. The number of hydrogen-bond acceptors (Lipinski definition) is 11. The van der Waals surface area contributed by atoms with E-state index in [1.54, 1.807) is 31.4 Å². The van der Waals surface area contributed by atoms with Crippen LogP contribution in [-0.4, -0.2) is 86.1 Å². The average Bonchev–Trinajstić information content (AvgIpc) is 3.69. The first-order valence-corrected chi connectivity index (χ1v) is 17.7. The zero-order valence-electron chi connectivity index (χ0n) is 31.6. The summed E-state index contributed by atoms with van der Waals surface area (Å²) < 4.78 is 42.3. The molecule has 5 N–H and O–H groups in total. The summed E-state index contributed by atoms with van der Waals surface area (Å²) in [5.41, 5.74) is 10.7. The van der Waals surface area contributed by atoms with Crippen molar-refractivity contribution in [3.05, 3.63) is 71.9 Å². The van der Waals surface area contributed by atoms with E-state index in [1.807, 2.05) is 64.1 Å². The summed E-state index contributed by atoms with van der Waals surface area (Å²) in [6, 6.07) is 17.5. The van der Waals surface area contributed by atoms with Crippen LogP contribution in [0.15, 0.2) is 60.7 Å². The number of alkyl halides is 3. The molecule has 0 aliphatic heterocycles. The van der Waals surface area contributed by atoms with Crippen molar-refractivity contribution in [3.8, 4) is 28.4 Å². The van der Waals surface area contributed by atoms with Crippen LogP contribution in [0.1, 0.15) is 57.7 Å². The van der Waals surface area contributed by atoms with Gasteiger partial charge in [-0.15, -0.1) is 10.2 Å². The Morgan fingerprint density at radius 1 is 0.964 bits per heavy atom. The maximum atomic E-state index is 14.1. The number of carbonyl (C=O) groups excluding carboxylic acids is 3. The summed E-state index contributed by atoms with van der Waals surface area (Å²) in [5, 5.41) is 24.0. The zero-order chi connectivity index (χ0) is 41.2. The van der Waals surface area contributed by atoms with Crippen molar-refractivity contribution in [3.63, 3.8) is 0 Å². The SMILES string of the molecule is COc1ccc(-c2ccc(C[C@H](N)C(=O)N(C(=O)C3CCC(CNC(=O)OC(C)(C)C)CC3)c3ccc(-c4nn[nH]n4)cc3)cc2)c(C)n1.O=C(O)C(F)(F)F. The van der Waals surface area contributed by atoms with Crippen LogP contribution in [0, 0.1) is 18.8 Å². The lowest BCUT2D eigenvalue weighted by molar-refractivity contribution is -0.192. The van der Waals surface area contributed by atoms with Crippen LogP contribution < -0.4 is 20.7 Å². The predicted octanol–water partition coefficient (Wildman–Crippen LogP) is 5.64. The minimum absolute atomic E-state index is 0.206. The third-order valence-corrected chi connectivity index (χ3v) is 8.85. The summed E-state index contributed by atoms with van der Waals surface area (Å²) in [6.45, 7) is 7.85. The van der Waals surface area contributed by atoms with E-state index in [0.717, 1.165) is 35.2 Å². The Morgan fingerprint density at radius 3 is 2.09 bits per heavy atom. The van der Waals surface area contributed by atoms with E-state index in [0.29, 0.717) is 42.3 Å². The summed E-state index contributed by atoms with van der Waals surface area (Å²) in [6.07, 6.45) is -2.67. The monoisotopic (exact) mass is 782 g/mol. The predicted molar refractivity (Wildman–Crippen MR) is 198 cm³/mol. The van der Waals surface area contributed by atoms with Gasteiger partial charge in [-0.05, 0) is 112 Å². The molecule has 15 nitrogen and oxygen atoms in total. The number of H-pyrrole nitrogens is 1. The van der Waals surface area contributed by atoms with Crippen LogP contribution in [0.5, 0.6) is 5.88 Å². The molecule has 56 heavy (non-hydrogen) atoms. The van der Waals surface area contributed by atoms with Crippen molar-refractivity contribution in [1.82, 2.24) is 30.9 Å². The molecule has 3 amide bonds. The minimum Gasteiger partial charge on any atom is -0.481 e. The van der Waals surface area contributed by atoms with Crippen molar-refractivity contribution >= 4 is 29.6 Å². The second-order valence-corrected chi connectivity index (χ2v) is 14.2. The number of alkyl carbamates (subject to hydrolysis) is 1. The van der Waals surface area contributed by atoms with Gasteiger partial charge in [-0.25, -0.2) is 19.5 Å². The van der Waals surface area contributed by atoms with Gasteiger partial charge in [-0.1, -0.05) is 24.3 Å². The summed E-state index contributed by atoms with van der Waals surface area (Å²) in [5.74, 6) is -2.74. The number of methoxy groups -OCH3 is 1. The highest BCUT2D eigenvalue weighted by Crippen LogP contribution is 2.32. The number of rotatable bonds is 10. The summed E-state index contributed by atoms with van der Waals surface area (Å²) >= 11 is 0. The fourth-order valence-electron chi connectivity index (χ4n) is 6.03. The Balaban J connectivity index is 0.000000908. The number of hydrogen-bond donors (Lipinski definition) is 4. The molecule has 0 spiro atoms. The lowest BCUT2D eigenvalue weighted by Crippen LogP contribution is -2.50. The van der Waals surface area contributed by atoms with Crippen LogP contribution in [-0.2, 0) is 25.5 Å². The largest absolute Gasteiger partial charge is 0.490 e. The highest BCUT2D eigenvalue weighted by Gasteiger charge is 2.38. The number of carbonyl (C=O) groups is 4. The molecule has 18 heteroatoms. The van der Waals surface area contributed by atoms with Gasteiger partial charge in [0.2, 0.25) is 17.6 Å². The highest BCUT2D eigenvalue weighted by molar-refractivity contribution is 6.17. The molecule has 1 aliphatic carbocycles. The molecule has 0 unspecified atom stereocenters. The molecule has 1 atom stereocenters. The lowest BCUT2D eigenvalue weighted by atomic mass is 9.81. The Labute approximate surface area is 321 Å². The second-order valence-electron chi connectivity index (χ2n) is 14.2. The second kappa shape index (κ2) is 18.6. The zero-order valence-corrected chi connectivity index (χ0v) is 31.6. The molecule has 1 fully saturated rings. The Hall–Kier alpha value is -5.91. The number of nitrogens with zero attached hydrogens (tertiary/aromatic N) is 5. The average molecular weight is 783 g/mol. The van der Waals surface area contributed by atoms with Gasteiger partial charge in [0.05, 0.1) is 18.8 Å². The van der Waals surface area contributed by atoms with E-state index in [-0.39, 0.29) is 24.2 Å². The molecule has 2 heterocycles. The van der Waals surface area contributed by atoms with Gasteiger partial charge in [0, 0.05) is 35.3 Å². The maximum absolute atomic E-state index is 14.1. The minimum atomic E-state index is -5.08. The quantitative estimate of drug-likeness (QED) is 0.154. The molecule has 1 aliphatic rings. The highest BCUT2D eigenvalue weighted by atomic mass is 19.4. The van der Waals surface area contributed by atoms with Crippen molar-refractivity contribution < 1.29 is 46.9 Å². The number of carboxylic acids is 1. The number of imide groups is 1. The number of aryl methyl sites for hydroxylation is 1. The van der Waals surface area contributed by atoms with Crippen molar-refractivity contribution in [2.75, 3.05) is 18.6 Å². The number of amides is 3. The number of aliphatic carboxylic acids is 1. The van der Waals surface area contributed by atoms with E-state index in [1.165, 1.54) is 4.90 Å². The van der Waals surface area contributed by atoms with E-state index in [9.17, 15) is 27.6 Å². The number of nitrogens with two attached hydrogens (primary N) is 1. The molecule has 0 bridgehead atoms. The molecular formula is C38H45F3N8O7. The topological polar surface area (TPSA) is 216 Å². The standard InChI is InChI=1S/C36H44N8O5.C2HF3O2/c1-22-29(18-19-31(39-22)48-5)25-10-6-23(7-11-25)20-30(37)34(46)44(28-16-14-26(15-17-28)32-40-42-43-41-32)33(45)27-12-8-24(9-13-27)21-38-35(47)49-36(2,3)4;3-2(4,5)1(6)7/h6-7,10-11,14-19,24,27,30H,8-9,12-13,20-21,37H2,1-5H3,(H,38,47)(H,40,41,42,43);(H,6,7)/t24?,27?,30-;/m0./s1. The van der Waals surface area contributed by atoms with Crippen molar-refractivity contribution in [2.24, 2.45) is 17.6 Å². The Kier molecular flexibility index (Phi) is 14.2. The molecular weight excluding hydrogens is 737 g/mol. The normalized spacial score (nSPS) is 16.1. The van der Waals surface area contributed by atoms with Gasteiger partial charge in [-0.3, -0.25) is 9.59 Å². The van der Waals surface area contributed by atoms with Crippen molar-refractivity contribution in [1.29, 1.82) is 0 Å². The summed E-state index contributed by atoms with van der Waals surface area (Å²) in [7, 11) is 1.58. The van der Waals surface area contributed by atoms with Gasteiger partial charge in [0.15, 0.2) is 0 Å². The van der Waals surface area contributed by atoms with Crippen LogP contribution in [0.3, 0.4) is 0 Å². The molecule has 1 saturated carbocycles. The molecule has 2 aromatic heterocycles. The number of aromatic amines is 1. The van der Waals surface area contributed by atoms with Crippen LogP contribution in [0.4, 0.5) is 23.7 Å². The number of pyridine rings is 1. The number of tetrazole rings is 1. The number of aromatic nitrogens is 5. The van der Waals surface area contributed by atoms with Gasteiger partial charge in [-0.2, -0.15) is 18.4 Å². The Bertz CT molecular complexity index is 1940.